The van der Waals surface area contributed by atoms with Crippen molar-refractivity contribution in [2.45, 2.75) is 13.8 Å². The predicted octanol–water partition coefficient (Wildman–Crippen LogP) is 1.98. The first-order valence-electron chi connectivity index (χ1n) is 2.62. The van der Waals surface area contributed by atoms with Gasteiger partial charge in [-0.15, -0.1) is 0 Å². The average Bonchev–Trinajstić information content (AvgIpc) is 1.59. The second-order valence-electron chi connectivity index (χ2n) is 2.18. The van der Waals surface area contributed by atoms with Gasteiger partial charge >= 0.3 is 35.3 Å². The molecule has 0 heterocycles. The van der Waals surface area contributed by atoms with Crippen molar-refractivity contribution < 1.29 is 9.09 Å². The van der Waals surface area contributed by atoms with E-state index in [4.69, 9.17) is 4.52 Å². The Morgan fingerprint density at radius 1 is 1.50 bits per heavy atom. The molecule has 0 N–H and O–H groups in total. The van der Waals surface area contributed by atoms with Crippen molar-refractivity contribution in [1.82, 2.24) is 0 Å². The van der Waals surface area contributed by atoms with Crippen LogP contribution in [0.1, 0.15) is 13.8 Å². The van der Waals surface area contributed by atoms with Crippen LogP contribution < -0.4 is 0 Å². The molecular formula is C4H12NaO2PS2. The summed E-state index contributed by atoms with van der Waals surface area (Å²) in [6, 6.07) is 0. The molecule has 0 aromatic rings. The van der Waals surface area contributed by atoms with Gasteiger partial charge in [0.15, 0.2) is 0 Å². The molecule has 0 aromatic carbocycles. The predicted molar refractivity (Wildman–Crippen MR) is 53.5 cm³/mol. The number of hydrogen-bond acceptors (Lipinski definition) is 2. The maximum absolute atomic E-state index is 10.6. The van der Waals surface area contributed by atoms with E-state index in [1.807, 2.05) is 13.8 Å². The molecule has 0 fully saturated rings. The van der Waals surface area contributed by atoms with Crippen LogP contribution in [0, 0.1) is 5.92 Å². The Morgan fingerprint density at radius 3 is 2.00 bits per heavy atom. The molecule has 0 bridgehead atoms. The van der Waals surface area contributed by atoms with Gasteiger partial charge in [-0.25, -0.2) is 0 Å². The van der Waals surface area contributed by atoms with E-state index >= 15 is 0 Å². The molecule has 0 radical (unpaired) electrons. The van der Waals surface area contributed by atoms with E-state index in [-0.39, 0.29) is 29.6 Å². The van der Waals surface area contributed by atoms with E-state index in [1.54, 1.807) is 0 Å². The molecule has 0 saturated carbocycles. The standard InChI is InChI=1S/C4H11O2PS2.Na.H/c1-4(2)3-6-7(5,8)9;;/h4H,3H2,1-2H3,(H2,5,8,9);;. The molecule has 0 saturated heterocycles. The molecule has 0 aliphatic carbocycles. The van der Waals surface area contributed by atoms with Gasteiger partial charge in [0.25, 0.3) is 0 Å². The summed E-state index contributed by atoms with van der Waals surface area (Å²) in [5.41, 5.74) is 0. The summed E-state index contributed by atoms with van der Waals surface area (Å²) in [7, 11) is 0. The van der Waals surface area contributed by atoms with Gasteiger partial charge in [0.2, 0.25) is 0 Å². The van der Waals surface area contributed by atoms with Crippen molar-refractivity contribution in [3.8, 4) is 0 Å². The number of hydrogen-bond donors (Lipinski definition) is 2. The summed E-state index contributed by atoms with van der Waals surface area (Å²) in [6.07, 6.45) is 0. The molecule has 0 spiro atoms. The van der Waals surface area contributed by atoms with E-state index in [9.17, 15) is 4.57 Å². The van der Waals surface area contributed by atoms with Gasteiger partial charge in [0, 0.05) is 0 Å². The third kappa shape index (κ3) is 12.6. The average molecular weight is 210 g/mol. The topological polar surface area (TPSA) is 26.3 Å². The summed E-state index contributed by atoms with van der Waals surface area (Å²) in [6.45, 7) is 4.39. The van der Waals surface area contributed by atoms with Crippen LogP contribution in [-0.2, 0) is 9.09 Å². The van der Waals surface area contributed by atoms with Crippen molar-refractivity contribution in [1.29, 1.82) is 0 Å². The summed E-state index contributed by atoms with van der Waals surface area (Å²) in [4.78, 5) is 0. The zero-order chi connectivity index (χ0) is 7.49. The number of thiol groups is 2. The van der Waals surface area contributed by atoms with Gasteiger partial charge in [-0.1, -0.05) is 38.3 Å². The fraction of sp³-hybridized carbons (Fsp3) is 1.00. The van der Waals surface area contributed by atoms with Crippen LogP contribution >= 0.6 is 30.3 Å². The zero-order valence-corrected chi connectivity index (χ0v) is 8.13. The Hall–Kier alpha value is 1.89. The molecule has 2 nitrogen and oxygen atoms in total. The van der Waals surface area contributed by atoms with Crippen molar-refractivity contribution in [3.05, 3.63) is 0 Å². The Labute approximate surface area is 94.5 Å². The van der Waals surface area contributed by atoms with E-state index in [1.165, 1.54) is 0 Å². The quantitative estimate of drug-likeness (QED) is 0.423. The second kappa shape index (κ2) is 6.41. The first-order chi connectivity index (χ1) is 3.92. The molecule has 0 aliphatic heterocycles. The van der Waals surface area contributed by atoms with E-state index < -0.39 is 5.77 Å². The van der Waals surface area contributed by atoms with Gasteiger partial charge in [-0.2, -0.15) is 0 Å². The Balaban J connectivity index is 0. The summed E-state index contributed by atoms with van der Waals surface area (Å²) in [5, 5.41) is 0. The molecule has 58 valence electrons. The Morgan fingerprint density at radius 2 is 1.90 bits per heavy atom. The van der Waals surface area contributed by atoms with Crippen LogP contribution in [0.25, 0.3) is 0 Å². The van der Waals surface area contributed by atoms with E-state index in [2.05, 4.69) is 24.5 Å². The van der Waals surface area contributed by atoms with Crippen molar-refractivity contribution in [2.75, 3.05) is 6.61 Å². The minimum atomic E-state index is -2.83. The summed E-state index contributed by atoms with van der Waals surface area (Å²) >= 11 is 7.25. The maximum atomic E-state index is 10.6. The third-order valence-corrected chi connectivity index (χ3v) is 1.75. The Bertz CT molecular complexity index is 124. The van der Waals surface area contributed by atoms with E-state index in [0.717, 1.165) is 0 Å². The first-order valence-corrected chi connectivity index (χ1v) is 6.55. The summed E-state index contributed by atoms with van der Waals surface area (Å²) in [5.74, 6) is -2.46. The molecule has 0 unspecified atom stereocenters. The van der Waals surface area contributed by atoms with Crippen LogP contribution in [0.3, 0.4) is 0 Å². The molecule has 0 aromatic heterocycles. The van der Waals surface area contributed by atoms with Crippen LogP contribution in [0.4, 0.5) is 0 Å². The van der Waals surface area contributed by atoms with Crippen LogP contribution in [0.2, 0.25) is 0 Å². The zero-order valence-electron chi connectivity index (χ0n) is 5.44. The van der Waals surface area contributed by atoms with Crippen LogP contribution in [0.5, 0.6) is 0 Å². The molecule has 0 rings (SSSR count). The van der Waals surface area contributed by atoms with Crippen LogP contribution in [-0.4, -0.2) is 36.2 Å². The van der Waals surface area contributed by atoms with Gasteiger partial charge in [0.1, 0.15) is 0 Å². The SMILES string of the molecule is CC(C)COP(=O)(S)S.[NaH]. The molecule has 10 heavy (non-hydrogen) atoms. The molecule has 0 aliphatic rings. The minimum absolute atomic E-state index is 0. The number of rotatable bonds is 3. The fourth-order valence-electron chi connectivity index (χ4n) is 0.246. The fourth-order valence-corrected chi connectivity index (χ4v) is 1.14. The van der Waals surface area contributed by atoms with Gasteiger partial charge in [-0.05, 0) is 5.92 Å². The van der Waals surface area contributed by atoms with Gasteiger partial charge < -0.3 is 4.52 Å². The second-order valence-corrected chi connectivity index (χ2v) is 7.53. The molecule has 0 amide bonds. The van der Waals surface area contributed by atoms with Crippen molar-refractivity contribution in [2.24, 2.45) is 5.92 Å². The van der Waals surface area contributed by atoms with E-state index in [0.29, 0.717) is 12.5 Å². The van der Waals surface area contributed by atoms with Gasteiger partial charge in [-0.3, -0.25) is 4.57 Å². The van der Waals surface area contributed by atoms with Crippen LogP contribution in [0.15, 0.2) is 0 Å². The van der Waals surface area contributed by atoms with Crippen molar-refractivity contribution in [3.63, 3.8) is 0 Å². The van der Waals surface area contributed by atoms with Crippen molar-refractivity contribution >= 4 is 59.8 Å². The monoisotopic (exact) mass is 210 g/mol. The first kappa shape index (κ1) is 14.4. The third-order valence-electron chi connectivity index (χ3n) is 0.576. The molecular weight excluding hydrogens is 198 g/mol. The Kier molecular flexibility index (Phi) is 9.24. The normalized spacial score (nSPS) is 11.3. The van der Waals surface area contributed by atoms with Gasteiger partial charge in [0.05, 0.1) is 6.61 Å². The molecule has 6 heteroatoms. The molecule has 0 atom stereocenters. The summed E-state index contributed by atoms with van der Waals surface area (Å²) < 4.78 is 15.4.